The molecule has 0 aliphatic rings. The number of phosphoric ester groups is 6. The minimum Gasteiger partial charge on any atom is -0.756 e. The van der Waals surface area contributed by atoms with E-state index in [-0.39, 0.29) is 26.4 Å². The molecule has 0 saturated carbocycles. The van der Waals surface area contributed by atoms with Gasteiger partial charge in [0.15, 0.2) is 0 Å². The van der Waals surface area contributed by atoms with E-state index in [4.69, 9.17) is 36.2 Å². The molecule has 7 aromatic carbocycles. The fourth-order valence-electron chi connectivity index (χ4n) is 12.1. The summed E-state index contributed by atoms with van der Waals surface area (Å²) in [7, 11) is -13.4. The number of hydrogen-bond donors (Lipinski definition) is 0. The lowest BCUT2D eigenvalue weighted by Crippen LogP contribution is -2.17. The number of nitrogens with zero attached hydrogens (tertiary/aromatic N) is 4. The van der Waals surface area contributed by atoms with Crippen molar-refractivity contribution in [3.05, 3.63) is 200 Å². The van der Waals surface area contributed by atoms with E-state index in [0.29, 0.717) is 77.0 Å². The third kappa shape index (κ3) is 41.5. The number of rotatable bonds is 56. The average Bonchev–Trinajstić information content (AvgIpc) is 0.785. The molecule has 36 heteroatoms. The number of fused-ring (bicyclic) bond motifs is 1. The molecule has 6 atom stereocenters. The summed E-state index contributed by atoms with van der Waals surface area (Å²) < 4.78 is 132. The molecular weight excluding hydrogens is 1760 g/mol. The Balaban J connectivity index is 0.644. The lowest BCUT2D eigenvalue weighted by atomic mass is 9.90. The van der Waals surface area contributed by atoms with Crippen molar-refractivity contribution in [2.24, 2.45) is 0 Å². The van der Waals surface area contributed by atoms with Crippen molar-refractivity contribution in [2.45, 2.75) is 117 Å². The summed E-state index contributed by atoms with van der Waals surface area (Å²) >= 11 is 3.54. The van der Waals surface area contributed by atoms with Gasteiger partial charge in [0, 0.05) is 129 Å². The molecule has 0 bridgehead atoms. The number of phosphoric acid groups is 6. The predicted octanol–water partition coefficient (Wildman–Crippen LogP) is 15.0. The topological polar surface area (TPSA) is 365 Å². The van der Waals surface area contributed by atoms with Crippen LogP contribution in [0.25, 0.3) is 10.8 Å². The second-order valence-electron chi connectivity index (χ2n) is 29.5. The maximum absolute atomic E-state index is 12.5. The zero-order chi connectivity index (χ0) is 90.7. The standard InChI is InChI=1S/C89H120N4O24P6S2/c1-72-73(2)86(53-41-76-37-49-84(50-38-76)92(7)8)79(69-78(72)43-31-74-33-45-82(46-34-74)90(3)4)27-17-15-23-57-108-120(98,99)112-61-65-116-122(102,103)114-63-59-110-118(94,95)106-55-21-11-13-25-67-124-71-125-68-26-14-12-22-56-107-119(96,97)111-60-64-115-123(104,105)117-66-62-113-121(100,101)109-58-24-16-18-28-80-70-81(44-32-75-35-47-83(48-36-75)91(5)6)87-29-19-20-30-89(87)88(80)54-42-77-39-51-85(52-40-77)93(9)10/h19-20,29-30,33-40,45-52,69-70H,11-18,21-28,55-68,71H2,1-10H3,(H,94,95)(H,96,97)(H,98,99)(H,100,101)(H,102,103)(H,104,105)/p-6. The Bertz CT molecular complexity index is 5100. The molecule has 0 radical (unpaired) electrons. The van der Waals surface area contributed by atoms with Gasteiger partial charge >= 0.3 is 0 Å². The SMILES string of the molecule is Cc1c(C#Cc2ccc(N(C)C)cc2)cc(CCCCCOP(=O)([O-])OCCOP(=O)([O-])OCCOP(=O)([O-])OCCCCCCSCSCCCCCCOP(=O)([O-])OCCOP(=O)([O-])OCCOP(=O)([O-])OCCCCCc2cc(C#Cc3ccc(N(C)C)cc3)c3ccccc3c2C#Cc2ccc(N(C)C)cc2)c(C#Cc2ccc(N(C)C)cc2)c1C. The Morgan fingerprint density at radius 1 is 0.280 bits per heavy atom. The van der Waals surface area contributed by atoms with Crippen molar-refractivity contribution < 1.29 is 111 Å². The molecule has 7 aromatic rings. The molecule has 7 rings (SSSR count). The molecule has 0 fully saturated rings. The Morgan fingerprint density at radius 3 is 0.856 bits per heavy atom. The van der Waals surface area contributed by atoms with Crippen LogP contribution in [0.5, 0.6) is 0 Å². The number of thioether (sulfide) groups is 2. The number of benzene rings is 7. The van der Waals surface area contributed by atoms with Gasteiger partial charge in [-0.3, -0.25) is 27.4 Å². The van der Waals surface area contributed by atoms with Crippen LogP contribution in [0, 0.1) is 61.2 Å². The Hall–Kier alpha value is -6.40. The molecule has 6 unspecified atom stereocenters. The van der Waals surface area contributed by atoms with Gasteiger partial charge in [-0.25, -0.2) is 0 Å². The van der Waals surface area contributed by atoms with Crippen LogP contribution in [0.1, 0.15) is 157 Å². The minimum absolute atomic E-state index is 0.137. The van der Waals surface area contributed by atoms with Crippen molar-refractivity contribution in [1.29, 1.82) is 0 Å². The third-order valence-corrected chi connectivity index (χ3v) is 27.5. The maximum atomic E-state index is 12.5. The highest BCUT2D eigenvalue weighted by molar-refractivity contribution is 8.15. The molecule has 0 aliphatic heterocycles. The number of hydrogen-bond acceptors (Lipinski definition) is 30. The highest BCUT2D eigenvalue weighted by atomic mass is 32.2. The molecular formula is C89H114N4O24P6S2-6. The lowest BCUT2D eigenvalue weighted by Gasteiger charge is -2.26. The van der Waals surface area contributed by atoms with Gasteiger partial charge in [-0.15, -0.1) is 0 Å². The van der Waals surface area contributed by atoms with Crippen molar-refractivity contribution in [3.8, 4) is 47.4 Å². The van der Waals surface area contributed by atoms with Crippen LogP contribution in [-0.2, 0) is 94.5 Å². The number of unbranched alkanes of at least 4 members (excludes halogenated alkanes) is 10. The van der Waals surface area contributed by atoms with Crippen LogP contribution in [-0.4, -0.2) is 152 Å². The summed E-state index contributed by atoms with van der Waals surface area (Å²) in [5, 5.41) is 2.81. The summed E-state index contributed by atoms with van der Waals surface area (Å²) in [6, 6.07) is 44.3. The number of aryl methyl sites for hydroxylation is 2. The second kappa shape index (κ2) is 54.9. The van der Waals surface area contributed by atoms with Gasteiger partial charge in [0.1, 0.15) is 0 Å². The van der Waals surface area contributed by atoms with E-state index in [2.05, 4.69) is 77.6 Å². The molecule has 0 N–H and O–H groups in total. The van der Waals surface area contributed by atoms with Crippen LogP contribution >= 0.6 is 70.5 Å². The second-order valence-corrected chi connectivity index (χ2v) is 40.6. The summed E-state index contributed by atoms with van der Waals surface area (Å²) in [5.41, 5.74) is 15.4. The highest BCUT2D eigenvalue weighted by Gasteiger charge is 2.20. The van der Waals surface area contributed by atoms with Crippen LogP contribution in [0.15, 0.2) is 133 Å². The molecule has 0 spiro atoms. The van der Waals surface area contributed by atoms with Crippen molar-refractivity contribution >= 4 is 104 Å². The quantitative estimate of drug-likeness (QED) is 0.0148. The molecule has 0 heterocycles. The van der Waals surface area contributed by atoms with Gasteiger partial charge in [-0.1, -0.05) is 110 Å². The van der Waals surface area contributed by atoms with Crippen molar-refractivity contribution in [3.63, 3.8) is 0 Å². The normalized spacial score (nSPS) is 14.2. The molecule has 682 valence electrons. The van der Waals surface area contributed by atoms with Gasteiger partial charge in [-0.2, -0.15) is 23.5 Å². The van der Waals surface area contributed by atoms with E-state index in [1.807, 2.05) is 211 Å². The zero-order valence-electron chi connectivity index (χ0n) is 72.7. The van der Waals surface area contributed by atoms with E-state index in [0.717, 1.165) is 143 Å². The van der Waals surface area contributed by atoms with Crippen LogP contribution in [0.2, 0.25) is 0 Å². The smallest absolute Gasteiger partial charge is 0.268 e. The fraction of sp³-hybridized carbons (Fsp3) is 0.461. The van der Waals surface area contributed by atoms with Crippen LogP contribution in [0.4, 0.5) is 22.7 Å². The van der Waals surface area contributed by atoms with Gasteiger partial charge in [0.25, 0.3) is 46.9 Å². The van der Waals surface area contributed by atoms with E-state index < -0.39 is 99.8 Å². The highest BCUT2D eigenvalue weighted by Crippen LogP contribution is 2.45. The van der Waals surface area contributed by atoms with Gasteiger partial charge in [0.2, 0.25) is 0 Å². The first-order valence-corrected chi connectivity index (χ1v) is 52.3. The van der Waals surface area contributed by atoms with Gasteiger partial charge < -0.3 is 103 Å². The Morgan fingerprint density at radius 2 is 0.536 bits per heavy atom. The monoisotopic (exact) mass is 1870 g/mol. The van der Waals surface area contributed by atoms with E-state index in [1.165, 1.54) is 0 Å². The minimum atomic E-state index is -5.02. The zero-order valence-corrected chi connectivity index (χ0v) is 79.7. The van der Waals surface area contributed by atoms with Gasteiger partial charge in [-0.05, 0) is 232 Å². The third-order valence-electron chi connectivity index (χ3n) is 19.0. The average molecular weight is 1870 g/mol. The van der Waals surface area contributed by atoms with Gasteiger partial charge in [0.05, 0.1) is 79.3 Å². The fourth-order valence-corrected chi connectivity index (χ4v) is 18.6. The summed E-state index contributed by atoms with van der Waals surface area (Å²) in [4.78, 5) is 82.2. The van der Waals surface area contributed by atoms with Crippen molar-refractivity contribution in [2.75, 3.05) is 172 Å². The van der Waals surface area contributed by atoms with Crippen LogP contribution < -0.4 is 49.0 Å². The molecule has 0 saturated heterocycles. The van der Waals surface area contributed by atoms with E-state index in [1.54, 1.807) is 23.5 Å². The first-order chi connectivity index (χ1) is 59.6. The summed E-state index contributed by atoms with van der Waals surface area (Å²) in [6.45, 7) is -2.30. The van der Waals surface area contributed by atoms with Crippen LogP contribution in [0.3, 0.4) is 0 Å². The first kappa shape index (κ1) is 106. The summed E-state index contributed by atoms with van der Waals surface area (Å²) in [6.07, 6.45) is 10.3. The predicted molar refractivity (Wildman–Crippen MR) is 486 cm³/mol. The first-order valence-electron chi connectivity index (χ1n) is 41.2. The molecule has 0 aromatic heterocycles. The number of anilines is 4. The molecule has 0 amide bonds. The van der Waals surface area contributed by atoms with Crippen molar-refractivity contribution in [1.82, 2.24) is 0 Å². The maximum Gasteiger partial charge on any atom is 0.268 e. The largest absolute Gasteiger partial charge is 0.756 e. The van der Waals surface area contributed by atoms with E-state index in [9.17, 15) is 56.8 Å². The summed E-state index contributed by atoms with van der Waals surface area (Å²) in [5.74, 6) is 28.7. The molecule has 0 aliphatic carbocycles. The molecule has 125 heavy (non-hydrogen) atoms. The lowest BCUT2D eigenvalue weighted by molar-refractivity contribution is -0.235. The van der Waals surface area contributed by atoms with E-state index >= 15 is 0 Å². The molecule has 28 nitrogen and oxygen atoms in total. The Kier molecular flexibility index (Phi) is 46.4. The Labute approximate surface area is 746 Å².